The summed E-state index contributed by atoms with van der Waals surface area (Å²) in [5, 5.41) is 0.653. The van der Waals surface area contributed by atoms with Crippen LogP contribution in [0, 0.1) is 5.92 Å². The molecule has 1 saturated heterocycles. The maximum atomic E-state index is 5.76. The molecule has 2 heterocycles. The van der Waals surface area contributed by atoms with Crippen LogP contribution in [0.4, 0.5) is 5.13 Å². The number of anilines is 1. The first-order chi connectivity index (χ1) is 10.8. The van der Waals surface area contributed by atoms with Crippen molar-refractivity contribution in [1.82, 2.24) is 9.88 Å². The molecule has 0 atom stereocenters. The van der Waals surface area contributed by atoms with Crippen LogP contribution in [0.1, 0.15) is 23.3 Å². The van der Waals surface area contributed by atoms with Crippen LogP contribution in [-0.4, -0.2) is 29.6 Å². The standard InChI is InChI=1S/C17H23N3OS.ClH/c18-17-19-10-16(22-17)13-20(11-14-4-2-1-3-5-14)12-15-6-8-21-9-7-15;/h1-5,10,15H,6-9,11-13H2,(H2,18,19);1H. The molecule has 2 N–H and O–H groups in total. The predicted octanol–water partition coefficient (Wildman–Crippen LogP) is 3.58. The fourth-order valence-corrected chi connectivity index (χ4v) is 3.66. The lowest BCUT2D eigenvalue weighted by atomic mass is 9.99. The molecule has 126 valence electrons. The highest BCUT2D eigenvalue weighted by Crippen LogP contribution is 2.22. The van der Waals surface area contributed by atoms with Gasteiger partial charge in [0.25, 0.3) is 0 Å². The molecule has 0 aliphatic carbocycles. The van der Waals surface area contributed by atoms with Gasteiger partial charge in [0.2, 0.25) is 0 Å². The largest absolute Gasteiger partial charge is 0.381 e. The highest BCUT2D eigenvalue weighted by atomic mass is 35.5. The number of rotatable bonds is 6. The number of hydrogen-bond acceptors (Lipinski definition) is 5. The number of nitrogen functional groups attached to an aromatic ring is 1. The Morgan fingerprint density at radius 3 is 2.57 bits per heavy atom. The zero-order valence-electron chi connectivity index (χ0n) is 13.2. The van der Waals surface area contributed by atoms with Gasteiger partial charge in [-0.3, -0.25) is 4.90 Å². The molecule has 0 unspecified atom stereocenters. The number of aromatic nitrogens is 1. The van der Waals surface area contributed by atoms with Gasteiger partial charge < -0.3 is 10.5 Å². The van der Waals surface area contributed by atoms with Crippen LogP contribution in [0.3, 0.4) is 0 Å². The molecular formula is C17H24ClN3OS. The van der Waals surface area contributed by atoms with Gasteiger partial charge in [0.1, 0.15) is 0 Å². The third kappa shape index (κ3) is 5.77. The molecule has 3 rings (SSSR count). The molecule has 2 aromatic rings. The third-order valence-electron chi connectivity index (χ3n) is 4.06. The highest BCUT2D eigenvalue weighted by Gasteiger charge is 2.18. The molecule has 1 aliphatic heterocycles. The van der Waals surface area contributed by atoms with Gasteiger partial charge in [-0.2, -0.15) is 0 Å². The molecule has 0 amide bonds. The fourth-order valence-electron chi connectivity index (χ4n) is 2.94. The van der Waals surface area contributed by atoms with Crippen LogP contribution in [0.15, 0.2) is 36.5 Å². The van der Waals surface area contributed by atoms with Crippen molar-refractivity contribution in [2.24, 2.45) is 5.92 Å². The second-order valence-electron chi connectivity index (χ2n) is 5.88. The zero-order valence-corrected chi connectivity index (χ0v) is 14.8. The average molecular weight is 354 g/mol. The fraction of sp³-hybridized carbons (Fsp3) is 0.471. The number of hydrogen-bond donors (Lipinski definition) is 1. The van der Waals surface area contributed by atoms with Gasteiger partial charge in [-0.15, -0.1) is 23.7 Å². The zero-order chi connectivity index (χ0) is 15.2. The molecule has 1 fully saturated rings. The van der Waals surface area contributed by atoms with Crippen molar-refractivity contribution in [3.05, 3.63) is 47.0 Å². The number of halogens is 1. The van der Waals surface area contributed by atoms with E-state index in [9.17, 15) is 0 Å². The third-order valence-corrected chi connectivity index (χ3v) is 4.87. The number of thiazole rings is 1. The van der Waals surface area contributed by atoms with E-state index in [2.05, 4.69) is 40.2 Å². The molecular weight excluding hydrogens is 330 g/mol. The van der Waals surface area contributed by atoms with Crippen molar-refractivity contribution in [2.45, 2.75) is 25.9 Å². The summed E-state index contributed by atoms with van der Waals surface area (Å²) in [6, 6.07) is 10.7. The Hall–Kier alpha value is -1.14. The second-order valence-corrected chi connectivity index (χ2v) is 7.02. The SMILES string of the molecule is Cl.Nc1ncc(CN(Cc2ccccc2)CC2CCOCC2)s1. The van der Waals surface area contributed by atoms with E-state index < -0.39 is 0 Å². The van der Waals surface area contributed by atoms with Crippen molar-refractivity contribution in [1.29, 1.82) is 0 Å². The average Bonchev–Trinajstić information content (AvgIpc) is 2.94. The van der Waals surface area contributed by atoms with Crippen LogP contribution in [0.25, 0.3) is 0 Å². The molecule has 0 bridgehead atoms. The van der Waals surface area contributed by atoms with Gasteiger partial charge in [0, 0.05) is 43.9 Å². The number of ether oxygens (including phenoxy) is 1. The molecule has 0 saturated carbocycles. The van der Waals surface area contributed by atoms with E-state index >= 15 is 0 Å². The van der Waals surface area contributed by atoms with Crippen molar-refractivity contribution in [2.75, 3.05) is 25.5 Å². The van der Waals surface area contributed by atoms with Crippen LogP contribution in [-0.2, 0) is 17.8 Å². The van der Waals surface area contributed by atoms with E-state index in [0.717, 1.165) is 51.6 Å². The second kappa shape index (κ2) is 9.23. The summed E-state index contributed by atoms with van der Waals surface area (Å²) in [5.41, 5.74) is 7.12. The van der Waals surface area contributed by atoms with E-state index in [4.69, 9.17) is 10.5 Å². The van der Waals surface area contributed by atoms with Crippen LogP contribution in [0.5, 0.6) is 0 Å². The summed E-state index contributed by atoms with van der Waals surface area (Å²) in [6.07, 6.45) is 4.23. The Kier molecular flexibility index (Phi) is 7.30. The molecule has 1 aromatic carbocycles. The number of nitrogens with zero attached hydrogens (tertiary/aromatic N) is 2. The highest BCUT2D eigenvalue weighted by molar-refractivity contribution is 7.15. The van der Waals surface area contributed by atoms with Crippen LogP contribution in [0.2, 0.25) is 0 Å². The maximum Gasteiger partial charge on any atom is 0.180 e. The first-order valence-corrected chi connectivity index (χ1v) is 8.65. The van der Waals surface area contributed by atoms with E-state index in [1.165, 1.54) is 10.4 Å². The molecule has 0 radical (unpaired) electrons. The molecule has 0 spiro atoms. The molecule has 4 nitrogen and oxygen atoms in total. The van der Waals surface area contributed by atoms with E-state index in [-0.39, 0.29) is 12.4 Å². The van der Waals surface area contributed by atoms with Gasteiger partial charge in [-0.25, -0.2) is 4.98 Å². The Morgan fingerprint density at radius 2 is 1.91 bits per heavy atom. The Labute approximate surface area is 148 Å². The van der Waals surface area contributed by atoms with Gasteiger partial charge in [-0.05, 0) is 24.3 Å². The smallest absolute Gasteiger partial charge is 0.180 e. The summed E-state index contributed by atoms with van der Waals surface area (Å²) >= 11 is 1.59. The number of nitrogens with two attached hydrogens (primary N) is 1. The van der Waals surface area contributed by atoms with E-state index in [1.807, 2.05) is 6.20 Å². The lowest BCUT2D eigenvalue weighted by Gasteiger charge is -2.29. The van der Waals surface area contributed by atoms with Gasteiger partial charge in [0.05, 0.1) is 0 Å². The summed E-state index contributed by atoms with van der Waals surface area (Å²) in [4.78, 5) is 7.92. The summed E-state index contributed by atoms with van der Waals surface area (Å²) in [5.74, 6) is 0.725. The Bertz CT molecular complexity index is 572. The minimum absolute atomic E-state index is 0. The van der Waals surface area contributed by atoms with E-state index in [0.29, 0.717) is 5.13 Å². The van der Waals surface area contributed by atoms with Gasteiger partial charge in [0.15, 0.2) is 5.13 Å². The summed E-state index contributed by atoms with van der Waals surface area (Å²) in [6.45, 7) is 4.79. The van der Waals surface area contributed by atoms with Crippen LogP contribution >= 0.6 is 23.7 Å². The van der Waals surface area contributed by atoms with Crippen LogP contribution < -0.4 is 5.73 Å². The summed E-state index contributed by atoms with van der Waals surface area (Å²) < 4.78 is 5.48. The van der Waals surface area contributed by atoms with Gasteiger partial charge in [-0.1, -0.05) is 30.3 Å². The van der Waals surface area contributed by atoms with Gasteiger partial charge >= 0.3 is 0 Å². The Balaban J connectivity index is 0.00000192. The minimum atomic E-state index is 0. The molecule has 1 aromatic heterocycles. The molecule has 23 heavy (non-hydrogen) atoms. The molecule has 6 heteroatoms. The monoisotopic (exact) mass is 353 g/mol. The normalized spacial score (nSPS) is 15.5. The predicted molar refractivity (Wildman–Crippen MR) is 97.9 cm³/mol. The maximum absolute atomic E-state index is 5.76. The first-order valence-electron chi connectivity index (χ1n) is 7.84. The van der Waals surface area contributed by atoms with E-state index in [1.54, 1.807) is 11.3 Å². The molecule has 1 aliphatic rings. The lowest BCUT2D eigenvalue weighted by Crippen LogP contribution is -2.31. The van der Waals surface area contributed by atoms with Crippen molar-refractivity contribution in [3.63, 3.8) is 0 Å². The Morgan fingerprint density at radius 1 is 1.17 bits per heavy atom. The minimum Gasteiger partial charge on any atom is -0.381 e. The first kappa shape index (κ1) is 18.2. The number of benzene rings is 1. The topological polar surface area (TPSA) is 51.4 Å². The van der Waals surface area contributed by atoms with Crippen molar-refractivity contribution >= 4 is 28.9 Å². The lowest BCUT2D eigenvalue weighted by molar-refractivity contribution is 0.0503. The summed E-state index contributed by atoms with van der Waals surface area (Å²) in [7, 11) is 0. The van der Waals surface area contributed by atoms with Crippen molar-refractivity contribution < 1.29 is 4.74 Å². The van der Waals surface area contributed by atoms with Crippen molar-refractivity contribution in [3.8, 4) is 0 Å². The quantitative estimate of drug-likeness (QED) is 0.862.